The number of alkyl halides is 12. The maximum Gasteiger partial charge on any atom is 0.416 e. The zero-order chi connectivity index (χ0) is 96.1. The van der Waals surface area contributed by atoms with E-state index in [1.165, 1.54) is 98.4 Å². The van der Waals surface area contributed by atoms with Gasteiger partial charge in [0.05, 0.1) is 86.2 Å². The van der Waals surface area contributed by atoms with Gasteiger partial charge in [-0.2, -0.15) is 13.2 Å². The van der Waals surface area contributed by atoms with E-state index in [1.54, 1.807) is 84.9 Å². The first kappa shape index (κ1) is 118. The number of aliphatic hydroxyl groups is 1. The van der Waals surface area contributed by atoms with Crippen molar-refractivity contribution in [2.24, 2.45) is 0 Å². The number of aliphatic hydroxyl groups excluding tert-OH is 1. The highest BCUT2D eigenvalue weighted by Gasteiger charge is 2.31. The summed E-state index contributed by atoms with van der Waals surface area (Å²) in [5.74, 6) is -3.02. The first-order valence-electron chi connectivity index (χ1n) is 36.4. The van der Waals surface area contributed by atoms with Crippen molar-refractivity contribution in [3.05, 3.63) is 314 Å². The zero-order valence-corrected chi connectivity index (χ0v) is 89.1. The Morgan fingerprint density at radius 1 is 0.310 bits per heavy atom. The van der Waals surface area contributed by atoms with Crippen LogP contribution in [-0.4, -0.2) is 123 Å². The monoisotopic (exact) mass is 2460 g/mol. The van der Waals surface area contributed by atoms with Crippen LogP contribution >= 0.6 is 206 Å². The number of aryl methyl sites for hydroxylation is 3. The second-order valence-electron chi connectivity index (χ2n) is 26.4. The highest BCUT2D eigenvalue weighted by molar-refractivity contribution is 9.11. The SMILES string of the molecule is COC(=O)C(Br)c1ccc(Br)cc1.COC(=O)C(Br)c1ccc(C(C)(C)C)cc1.COC(=O)C(Br)c1ccc(C(F)(F)F)cc1.COC(=O)C(Br)c1ccc(C)c(C)c1.COC(=O)C(Br)c1ccc(C)cc1.COC(=O)C(Br)c1ccc(CO)cc1.COC(=O)C(Br)c1ccc(Cl)c(Cl)c1.COC(=O)C(Br)c1ccc(Cl)cc1.COC(=O)C(Br)c1cccc(Cl)c1. The molecule has 36 heteroatoms. The van der Waals surface area contributed by atoms with Gasteiger partial charge in [-0.15, -0.1) is 0 Å². The van der Waals surface area contributed by atoms with Gasteiger partial charge in [-0.05, 0) is 159 Å². The van der Waals surface area contributed by atoms with Gasteiger partial charge in [0.25, 0.3) is 0 Å². The Kier molecular flexibility index (Phi) is 57.6. The van der Waals surface area contributed by atoms with Gasteiger partial charge in [0.15, 0.2) is 0 Å². The van der Waals surface area contributed by atoms with E-state index in [4.69, 9.17) is 51.5 Å². The molecule has 0 radical (unpaired) electrons. The van der Waals surface area contributed by atoms with Gasteiger partial charge in [-0.3, -0.25) is 43.2 Å². The van der Waals surface area contributed by atoms with Crippen LogP contribution in [0.5, 0.6) is 0 Å². The van der Waals surface area contributed by atoms with Crippen molar-refractivity contribution in [2.75, 3.05) is 64.0 Å². The third-order valence-corrected chi connectivity index (χ3v) is 26.5. The van der Waals surface area contributed by atoms with Crippen molar-refractivity contribution >= 4 is 259 Å². The summed E-state index contributed by atoms with van der Waals surface area (Å²) in [6, 6.07) is 59.6. The molecule has 126 heavy (non-hydrogen) atoms. The Balaban J connectivity index is 0.000000709. The van der Waals surface area contributed by atoms with Gasteiger partial charge in [-0.25, -0.2) is 0 Å². The van der Waals surface area contributed by atoms with Crippen molar-refractivity contribution in [1.29, 1.82) is 0 Å². The van der Waals surface area contributed by atoms with Crippen LogP contribution in [0.2, 0.25) is 20.1 Å². The minimum atomic E-state index is -4.37. The molecule has 9 rings (SSSR count). The van der Waals surface area contributed by atoms with Gasteiger partial charge in [0.2, 0.25) is 0 Å². The fraction of sp³-hybridized carbons (Fsp3) is 0.300. The smallest absolute Gasteiger partial charge is 0.416 e. The summed E-state index contributed by atoms with van der Waals surface area (Å²) in [6.45, 7) is 12.6. The van der Waals surface area contributed by atoms with Gasteiger partial charge < -0.3 is 47.7 Å². The molecule has 19 nitrogen and oxygen atoms in total. The normalized spacial score (nSPS) is 12.5. The fourth-order valence-corrected chi connectivity index (χ4v) is 14.5. The maximum absolute atomic E-state index is 12.2. The summed E-state index contributed by atoms with van der Waals surface area (Å²) in [7, 11) is 12.1. The molecule has 0 aromatic heterocycles. The first-order chi connectivity index (χ1) is 59.1. The molecule has 1 N–H and O–H groups in total. The Labute approximate surface area is 836 Å². The standard InChI is InChI=1S/C13H17BrO2.C11H13BrO2.C10H8BrF3O2.C10H11BrO3.C10H11BrO2.C9H8Br2O2.C9H7BrCl2O2.2C9H8BrClO2/c1-13(2,3)10-7-5-9(6-8-10)11(14)12(15)16-4;1-7-4-5-9(6-8(7)2)10(12)11(13)14-3;1-16-9(15)8(11)6-2-4-7(5-3-6)10(12,13)14;1-14-10(13)9(11)8-4-2-7(6-12)3-5-8;1-7-3-5-8(6-4-7)9(11)10(12)13-2;1-13-9(12)8(11)6-2-4-7(10)5-3-6;1-14-9(13)8(10)5-2-3-6(11)7(12)4-5;1-13-9(12)8(10)6-2-4-7(11)5-3-6;1-13-9(12)8(10)6-3-2-4-7(11)5-6/h5-8,11H,1-4H3;4-6,10H,1-3H3;2-5,8H,1H3;2-5,9,12H,6H2,1H3;3-6,9H,1-2H3;2-5,8H,1H3;2-4,8H,1H3;2*2-5,8H,1H3. The van der Waals surface area contributed by atoms with E-state index in [-0.39, 0.29) is 79.1 Å². The molecule has 9 aromatic carbocycles. The molecule has 0 aliphatic carbocycles. The number of carbonyl (C=O) groups is 9. The lowest BCUT2D eigenvalue weighted by molar-refractivity contribution is -0.140. The Bertz CT molecular complexity index is 4590. The highest BCUT2D eigenvalue weighted by atomic mass is 79.9. The third kappa shape index (κ3) is 42.9. The molecule has 0 aliphatic rings. The van der Waals surface area contributed by atoms with Crippen LogP contribution in [0.4, 0.5) is 13.2 Å². The van der Waals surface area contributed by atoms with Crippen LogP contribution in [0.25, 0.3) is 0 Å². The second kappa shape index (κ2) is 61.5. The van der Waals surface area contributed by atoms with Gasteiger partial charge in [0.1, 0.15) is 43.4 Å². The molecule has 9 atom stereocenters. The summed E-state index contributed by atoms with van der Waals surface area (Å²) in [5, 5.41) is 10.9. The zero-order valence-electron chi connectivity index (χ0n) is 70.3. The summed E-state index contributed by atoms with van der Waals surface area (Å²) >= 11 is 55.3. The lowest BCUT2D eigenvalue weighted by atomic mass is 9.86. The molecule has 0 spiro atoms. The van der Waals surface area contributed by atoms with Crippen molar-refractivity contribution in [3.63, 3.8) is 0 Å². The number of hydrogen-bond acceptors (Lipinski definition) is 19. The van der Waals surface area contributed by atoms with Gasteiger partial charge in [0, 0.05) is 14.5 Å². The van der Waals surface area contributed by atoms with Crippen LogP contribution in [-0.2, 0) is 104 Å². The van der Waals surface area contributed by atoms with Crippen molar-refractivity contribution < 1.29 is 104 Å². The molecule has 9 unspecified atom stereocenters. The number of rotatable bonds is 19. The van der Waals surface area contributed by atoms with Crippen LogP contribution in [0.1, 0.15) is 148 Å². The van der Waals surface area contributed by atoms with Crippen LogP contribution in [0.3, 0.4) is 0 Å². The molecule has 0 amide bonds. The van der Waals surface area contributed by atoms with E-state index in [0.29, 0.717) is 31.2 Å². The van der Waals surface area contributed by atoms with Gasteiger partial charge >= 0.3 is 59.9 Å². The van der Waals surface area contributed by atoms with E-state index in [9.17, 15) is 56.3 Å². The molecule has 9 aromatic rings. The molecule has 0 bridgehead atoms. The number of carbonyl (C=O) groups excluding carboxylic acids is 9. The molecular weight excluding hydrogens is 2380 g/mol. The average Bonchev–Trinajstić information content (AvgIpc) is 0.834. The molecule has 0 aliphatic heterocycles. The Morgan fingerprint density at radius 3 is 0.857 bits per heavy atom. The maximum atomic E-state index is 12.2. The van der Waals surface area contributed by atoms with Gasteiger partial charge in [-0.1, -0.05) is 378 Å². The minimum absolute atomic E-state index is 0.00541. The van der Waals surface area contributed by atoms with Crippen LogP contribution < -0.4 is 0 Å². The molecule has 0 saturated carbocycles. The summed E-state index contributed by atoms with van der Waals surface area (Å²) < 4.78 is 79.0. The number of hydrogen-bond donors (Lipinski definition) is 1. The van der Waals surface area contributed by atoms with Crippen LogP contribution in [0, 0.1) is 20.8 Å². The molecule has 0 fully saturated rings. The molecule has 0 saturated heterocycles. The lowest BCUT2D eigenvalue weighted by Gasteiger charge is -2.19. The largest absolute Gasteiger partial charge is 0.468 e. The summed E-state index contributed by atoms with van der Waals surface area (Å²) in [4.78, 5) is 96.4. The predicted octanol–water partition coefficient (Wildman–Crippen LogP) is 26.8. The lowest BCUT2D eigenvalue weighted by Crippen LogP contribution is -2.12. The Morgan fingerprint density at radius 2 is 0.571 bits per heavy atom. The topological polar surface area (TPSA) is 257 Å². The summed E-state index contributed by atoms with van der Waals surface area (Å²) in [5.41, 5.74) is 12.2. The number of methoxy groups -OCH3 is 9. The highest BCUT2D eigenvalue weighted by Crippen LogP contribution is 2.36. The summed E-state index contributed by atoms with van der Waals surface area (Å²) in [6.07, 6.45) is -4.37. The molecule has 684 valence electrons. The van der Waals surface area contributed by atoms with Crippen molar-refractivity contribution in [1.82, 2.24) is 0 Å². The average molecular weight is 2470 g/mol. The predicted molar refractivity (Wildman–Crippen MR) is 523 cm³/mol. The molecule has 0 heterocycles. The van der Waals surface area contributed by atoms with E-state index in [2.05, 4.69) is 223 Å². The Hall–Kier alpha value is -6.08. The number of esters is 9. The van der Waals surface area contributed by atoms with E-state index in [1.807, 2.05) is 118 Å². The van der Waals surface area contributed by atoms with E-state index in [0.717, 1.165) is 61.1 Å². The van der Waals surface area contributed by atoms with Crippen LogP contribution in [0.15, 0.2) is 211 Å². The quantitative estimate of drug-likeness (QED) is 0.0448. The van der Waals surface area contributed by atoms with Crippen molar-refractivity contribution in [3.8, 4) is 0 Å². The molecular formula is C90H91Br10Cl4F3O19. The van der Waals surface area contributed by atoms with Crippen molar-refractivity contribution in [2.45, 2.75) is 103 Å². The number of halogens is 17. The number of benzene rings is 9. The van der Waals surface area contributed by atoms with E-state index >= 15 is 0 Å². The fourth-order valence-electron chi connectivity index (χ4n) is 9.20. The second-order valence-corrected chi connectivity index (χ2v) is 37.3. The third-order valence-electron chi connectivity index (χ3n) is 16.6. The first-order valence-corrected chi connectivity index (χ1v) is 47.0. The van der Waals surface area contributed by atoms with E-state index < -0.39 is 41.8 Å². The number of ether oxygens (including phenoxy) is 9. The minimum Gasteiger partial charge on any atom is -0.468 e.